The predicted molar refractivity (Wildman–Crippen MR) is 182 cm³/mol. The number of carbonyl (C=O) groups excluding carboxylic acids is 1. The minimum absolute atomic E-state index is 0.223. The summed E-state index contributed by atoms with van der Waals surface area (Å²) in [5.41, 5.74) is 8.96. The fourth-order valence-electron chi connectivity index (χ4n) is 7.32. The van der Waals surface area contributed by atoms with Gasteiger partial charge in [0.1, 0.15) is 6.10 Å². The Hall–Kier alpha value is -3.99. The fourth-order valence-corrected chi connectivity index (χ4v) is 7.32. The Morgan fingerprint density at radius 3 is 1.55 bits per heavy atom. The Bertz CT molecular complexity index is 1430. The van der Waals surface area contributed by atoms with Gasteiger partial charge in [0.25, 0.3) is 0 Å². The van der Waals surface area contributed by atoms with E-state index < -0.39 is 0 Å². The van der Waals surface area contributed by atoms with Crippen molar-refractivity contribution in [2.24, 2.45) is 0 Å². The molecule has 0 radical (unpaired) electrons. The molecule has 3 aromatic rings. The van der Waals surface area contributed by atoms with Gasteiger partial charge in [0.05, 0.1) is 5.56 Å². The first kappa shape index (κ1) is 28.8. The van der Waals surface area contributed by atoms with Gasteiger partial charge in [0.2, 0.25) is 0 Å². The molecule has 228 valence electrons. The number of ether oxygens (including phenoxy) is 1. The highest BCUT2D eigenvalue weighted by molar-refractivity contribution is 5.95. The van der Waals surface area contributed by atoms with E-state index in [1.165, 1.54) is 85.9 Å². The zero-order chi connectivity index (χ0) is 29.7. The lowest BCUT2D eigenvalue weighted by Crippen LogP contribution is -2.29. The van der Waals surface area contributed by atoms with E-state index in [1.54, 1.807) is 0 Å². The number of benzene rings is 3. The van der Waals surface area contributed by atoms with Crippen LogP contribution < -0.4 is 14.7 Å². The molecule has 1 atom stereocenters. The van der Waals surface area contributed by atoms with Gasteiger partial charge in [-0.15, -0.1) is 0 Å². The summed E-state index contributed by atoms with van der Waals surface area (Å²) in [6.07, 6.45) is 17.4. The molecule has 5 heteroatoms. The maximum Gasteiger partial charge on any atom is 0.339 e. The van der Waals surface area contributed by atoms with E-state index in [1.807, 2.05) is 12.1 Å². The maximum absolute atomic E-state index is 12.9. The van der Waals surface area contributed by atoms with Crippen LogP contribution in [0.15, 0.2) is 85.0 Å². The van der Waals surface area contributed by atoms with Gasteiger partial charge < -0.3 is 19.4 Å². The number of anilines is 3. The average molecular weight is 588 g/mol. The lowest BCUT2D eigenvalue weighted by Gasteiger charge is -2.29. The van der Waals surface area contributed by atoms with Crippen LogP contribution in [0.2, 0.25) is 0 Å². The van der Waals surface area contributed by atoms with Gasteiger partial charge in [0.15, 0.2) is 0 Å². The van der Waals surface area contributed by atoms with E-state index in [0.717, 1.165) is 50.5 Å². The number of nitrogens with zero attached hydrogens (tertiary/aromatic N) is 3. The SMILES string of the molecule is O=C1OC(C=CC=C(c2ccc(N3CCCCC3)cc2)c2ccc(N3CCCCC3)cc2)c2ccc(N3CCCCC3)cc21. The summed E-state index contributed by atoms with van der Waals surface area (Å²) in [7, 11) is 0. The Kier molecular flexibility index (Phi) is 8.72. The summed E-state index contributed by atoms with van der Waals surface area (Å²) in [5.74, 6) is -0.223. The van der Waals surface area contributed by atoms with Gasteiger partial charge in [-0.2, -0.15) is 0 Å². The van der Waals surface area contributed by atoms with E-state index in [4.69, 9.17) is 4.74 Å². The summed E-state index contributed by atoms with van der Waals surface area (Å²) in [6, 6.07) is 24.4. The van der Waals surface area contributed by atoms with Crippen molar-refractivity contribution in [3.05, 3.63) is 107 Å². The molecule has 44 heavy (non-hydrogen) atoms. The van der Waals surface area contributed by atoms with Gasteiger partial charge >= 0.3 is 5.97 Å². The van der Waals surface area contributed by atoms with Crippen LogP contribution >= 0.6 is 0 Å². The van der Waals surface area contributed by atoms with Gasteiger partial charge in [0, 0.05) is 61.9 Å². The molecule has 0 bridgehead atoms. The molecular formula is C39H45N3O2. The molecule has 0 amide bonds. The second kappa shape index (κ2) is 13.3. The second-order valence-corrected chi connectivity index (χ2v) is 12.8. The van der Waals surface area contributed by atoms with Crippen LogP contribution in [0.4, 0.5) is 17.1 Å². The molecule has 1 unspecified atom stereocenters. The zero-order valence-electron chi connectivity index (χ0n) is 25.9. The van der Waals surface area contributed by atoms with Crippen molar-refractivity contribution in [3.63, 3.8) is 0 Å². The van der Waals surface area contributed by atoms with Gasteiger partial charge in [-0.1, -0.05) is 42.5 Å². The monoisotopic (exact) mass is 587 g/mol. The summed E-state index contributed by atoms with van der Waals surface area (Å²) < 4.78 is 5.85. The number of rotatable bonds is 7. The number of carbonyl (C=O) groups is 1. The van der Waals surface area contributed by atoms with Crippen LogP contribution in [-0.2, 0) is 4.74 Å². The first-order valence-electron chi connectivity index (χ1n) is 16.9. The number of cyclic esters (lactones) is 1. The van der Waals surface area contributed by atoms with E-state index >= 15 is 0 Å². The van der Waals surface area contributed by atoms with E-state index in [0.29, 0.717) is 5.56 Å². The lowest BCUT2D eigenvalue weighted by atomic mass is 9.96. The third-order valence-corrected chi connectivity index (χ3v) is 9.87. The van der Waals surface area contributed by atoms with Crippen LogP contribution in [0, 0.1) is 0 Å². The Labute approximate surface area is 262 Å². The molecule has 3 aromatic carbocycles. The largest absolute Gasteiger partial charge is 0.450 e. The fraction of sp³-hybridized carbons (Fsp3) is 0.410. The number of hydrogen-bond acceptors (Lipinski definition) is 5. The molecule has 0 N–H and O–H groups in total. The van der Waals surface area contributed by atoms with Gasteiger partial charge in [-0.25, -0.2) is 4.79 Å². The minimum Gasteiger partial charge on any atom is -0.450 e. The Morgan fingerprint density at radius 1 is 0.591 bits per heavy atom. The number of hydrogen-bond donors (Lipinski definition) is 0. The van der Waals surface area contributed by atoms with Crippen molar-refractivity contribution in [1.29, 1.82) is 0 Å². The topological polar surface area (TPSA) is 36.0 Å². The highest BCUT2D eigenvalue weighted by atomic mass is 16.5. The predicted octanol–water partition coefficient (Wildman–Crippen LogP) is 8.56. The van der Waals surface area contributed by atoms with Crippen molar-refractivity contribution >= 4 is 28.6 Å². The maximum atomic E-state index is 12.9. The molecule has 4 heterocycles. The molecule has 0 saturated carbocycles. The van der Waals surface area contributed by atoms with Crippen molar-refractivity contribution < 1.29 is 9.53 Å². The molecule has 4 aliphatic heterocycles. The number of esters is 1. The molecular weight excluding hydrogens is 542 g/mol. The van der Waals surface area contributed by atoms with Crippen LogP contribution in [-0.4, -0.2) is 45.2 Å². The van der Waals surface area contributed by atoms with Crippen LogP contribution in [0.1, 0.15) is 90.9 Å². The van der Waals surface area contributed by atoms with Crippen molar-refractivity contribution in [1.82, 2.24) is 0 Å². The molecule has 3 saturated heterocycles. The van der Waals surface area contributed by atoms with E-state index in [9.17, 15) is 4.79 Å². The molecule has 4 aliphatic rings. The van der Waals surface area contributed by atoms with Crippen molar-refractivity contribution in [2.75, 3.05) is 54.0 Å². The molecule has 0 spiro atoms. The Balaban J connectivity index is 1.15. The number of fused-ring (bicyclic) bond motifs is 1. The first-order chi connectivity index (χ1) is 21.7. The van der Waals surface area contributed by atoms with Gasteiger partial charge in [-0.05, 0) is 117 Å². The summed E-state index contributed by atoms with van der Waals surface area (Å²) in [5, 5.41) is 0. The number of piperidine rings is 3. The third-order valence-electron chi connectivity index (χ3n) is 9.87. The second-order valence-electron chi connectivity index (χ2n) is 12.8. The quantitative estimate of drug-likeness (QED) is 0.204. The van der Waals surface area contributed by atoms with Crippen molar-refractivity contribution in [2.45, 2.75) is 63.9 Å². The minimum atomic E-state index is -0.367. The highest BCUT2D eigenvalue weighted by Crippen LogP contribution is 2.36. The molecule has 0 aliphatic carbocycles. The molecule has 7 rings (SSSR count). The van der Waals surface area contributed by atoms with E-state index in [-0.39, 0.29) is 12.1 Å². The van der Waals surface area contributed by atoms with Gasteiger partial charge in [-0.3, -0.25) is 0 Å². The molecule has 0 aromatic heterocycles. The van der Waals surface area contributed by atoms with Crippen molar-refractivity contribution in [3.8, 4) is 0 Å². The smallest absolute Gasteiger partial charge is 0.339 e. The molecule has 3 fully saturated rings. The standard InChI is InChI=1S/C39H45N3O2/c43-39-37-29-34(42-27-8-3-9-28-42)21-22-36(37)38(44-39)12-10-11-35(30-13-17-32(18-14-30)40-23-4-1-5-24-40)31-15-19-33(20-16-31)41-25-6-2-7-26-41/h10-22,29,38H,1-9,23-28H2. The summed E-state index contributed by atoms with van der Waals surface area (Å²) >= 11 is 0. The van der Waals surface area contributed by atoms with E-state index in [2.05, 4.69) is 87.5 Å². The summed E-state index contributed by atoms with van der Waals surface area (Å²) in [6.45, 7) is 6.69. The third kappa shape index (κ3) is 6.29. The summed E-state index contributed by atoms with van der Waals surface area (Å²) in [4.78, 5) is 20.3. The highest BCUT2D eigenvalue weighted by Gasteiger charge is 2.30. The first-order valence-corrected chi connectivity index (χ1v) is 16.9. The zero-order valence-corrected chi connectivity index (χ0v) is 25.9. The normalized spacial score (nSPS) is 20.5. The number of allylic oxidation sites excluding steroid dienone is 2. The molecule has 5 nitrogen and oxygen atoms in total. The van der Waals surface area contributed by atoms with Crippen LogP contribution in [0.3, 0.4) is 0 Å². The van der Waals surface area contributed by atoms with Crippen LogP contribution in [0.25, 0.3) is 5.57 Å². The Morgan fingerprint density at radius 2 is 1.05 bits per heavy atom. The lowest BCUT2D eigenvalue weighted by molar-refractivity contribution is 0.0467. The van der Waals surface area contributed by atoms with Crippen LogP contribution in [0.5, 0.6) is 0 Å². The average Bonchev–Trinajstić information content (AvgIpc) is 3.42.